The summed E-state index contributed by atoms with van der Waals surface area (Å²) in [6.45, 7) is 1.82. The summed E-state index contributed by atoms with van der Waals surface area (Å²) in [5, 5.41) is 3.45. The first-order chi connectivity index (χ1) is 15.3. The van der Waals surface area contributed by atoms with E-state index in [2.05, 4.69) is 5.32 Å². The number of anilines is 2. The number of carbonyl (C=O) groups is 2. The predicted octanol–water partition coefficient (Wildman–Crippen LogP) is 5.33. The first-order valence-electron chi connectivity index (χ1n) is 9.56. The van der Waals surface area contributed by atoms with Crippen molar-refractivity contribution in [2.24, 2.45) is 0 Å². The molecular weight excluding hydrogens is 438 g/mol. The van der Waals surface area contributed by atoms with Crippen LogP contribution >= 0.6 is 11.6 Å². The highest BCUT2D eigenvalue weighted by Gasteiger charge is 2.41. The Morgan fingerprint density at radius 3 is 2.41 bits per heavy atom. The van der Waals surface area contributed by atoms with Gasteiger partial charge in [-0.05, 0) is 42.8 Å². The van der Waals surface area contributed by atoms with Crippen molar-refractivity contribution >= 4 is 40.4 Å². The molecule has 0 fully saturated rings. The van der Waals surface area contributed by atoms with Crippen LogP contribution in [-0.4, -0.2) is 18.9 Å². The van der Waals surface area contributed by atoms with Crippen LogP contribution in [-0.2, 0) is 9.59 Å². The van der Waals surface area contributed by atoms with Crippen molar-refractivity contribution in [3.63, 3.8) is 0 Å². The van der Waals surface area contributed by atoms with Gasteiger partial charge in [0.25, 0.3) is 11.8 Å². The Kier molecular flexibility index (Phi) is 5.67. The molecule has 5 nitrogen and oxygen atoms in total. The van der Waals surface area contributed by atoms with E-state index in [4.69, 9.17) is 16.3 Å². The van der Waals surface area contributed by atoms with E-state index in [-0.39, 0.29) is 17.0 Å². The number of benzene rings is 3. The Morgan fingerprint density at radius 2 is 1.69 bits per heavy atom. The Labute approximate surface area is 187 Å². The zero-order valence-corrected chi connectivity index (χ0v) is 17.8. The van der Waals surface area contributed by atoms with Crippen LogP contribution in [0.25, 0.3) is 5.57 Å². The fraction of sp³-hybridized carbons (Fsp3) is 0.0833. The van der Waals surface area contributed by atoms with Crippen LogP contribution in [0.4, 0.5) is 20.2 Å². The summed E-state index contributed by atoms with van der Waals surface area (Å²) in [6.07, 6.45) is 0. The van der Waals surface area contributed by atoms with Crippen LogP contribution in [0.3, 0.4) is 0 Å². The average Bonchev–Trinajstić information content (AvgIpc) is 3.02. The molecule has 0 aliphatic carbocycles. The highest BCUT2D eigenvalue weighted by Crippen LogP contribution is 2.38. The number of aryl methyl sites for hydroxylation is 1. The monoisotopic (exact) mass is 454 g/mol. The third kappa shape index (κ3) is 3.71. The second-order valence-electron chi connectivity index (χ2n) is 7.08. The Morgan fingerprint density at radius 1 is 0.938 bits per heavy atom. The number of nitrogens with zero attached hydrogens (tertiary/aromatic N) is 1. The van der Waals surface area contributed by atoms with Gasteiger partial charge in [-0.3, -0.25) is 9.59 Å². The van der Waals surface area contributed by atoms with Crippen molar-refractivity contribution < 1.29 is 23.1 Å². The summed E-state index contributed by atoms with van der Waals surface area (Å²) in [4.78, 5) is 27.6. The molecule has 0 saturated carbocycles. The fourth-order valence-electron chi connectivity index (χ4n) is 3.47. The van der Waals surface area contributed by atoms with Crippen molar-refractivity contribution in [2.75, 3.05) is 17.3 Å². The SMILES string of the molecule is COc1ccccc1C1=C(Nc2cc(Cl)ccc2C)C(=O)N(c2ccc(F)c(F)c2)C1=O. The second-order valence-corrected chi connectivity index (χ2v) is 7.52. The molecule has 8 heteroatoms. The van der Waals surface area contributed by atoms with Gasteiger partial charge in [0.1, 0.15) is 11.4 Å². The number of amides is 2. The number of rotatable bonds is 5. The minimum atomic E-state index is -1.17. The molecule has 3 aromatic carbocycles. The van der Waals surface area contributed by atoms with E-state index in [0.717, 1.165) is 22.6 Å². The fourth-order valence-corrected chi connectivity index (χ4v) is 3.64. The maximum atomic E-state index is 13.9. The van der Waals surface area contributed by atoms with Crippen molar-refractivity contribution in [2.45, 2.75) is 6.92 Å². The molecule has 0 saturated heterocycles. The van der Waals surface area contributed by atoms with Gasteiger partial charge in [-0.15, -0.1) is 0 Å². The minimum absolute atomic E-state index is 0.0328. The van der Waals surface area contributed by atoms with Crippen LogP contribution in [0, 0.1) is 18.6 Å². The van der Waals surface area contributed by atoms with Gasteiger partial charge in [0, 0.05) is 22.3 Å². The van der Waals surface area contributed by atoms with E-state index in [1.807, 2.05) is 6.92 Å². The van der Waals surface area contributed by atoms with Crippen molar-refractivity contribution in [3.8, 4) is 5.75 Å². The zero-order chi connectivity index (χ0) is 23.0. The Balaban J connectivity index is 1.89. The van der Waals surface area contributed by atoms with E-state index in [9.17, 15) is 18.4 Å². The number of carbonyl (C=O) groups excluding carboxylic acids is 2. The van der Waals surface area contributed by atoms with E-state index in [1.165, 1.54) is 13.2 Å². The highest BCUT2D eigenvalue weighted by molar-refractivity contribution is 6.46. The number of para-hydroxylation sites is 1. The van der Waals surface area contributed by atoms with Crippen LogP contribution in [0.5, 0.6) is 5.75 Å². The summed E-state index contributed by atoms with van der Waals surface area (Å²) >= 11 is 6.11. The molecule has 0 radical (unpaired) electrons. The normalized spacial score (nSPS) is 13.7. The van der Waals surface area contributed by atoms with Crippen molar-refractivity contribution in [3.05, 3.63) is 94.1 Å². The maximum absolute atomic E-state index is 13.9. The molecule has 162 valence electrons. The van der Waals surface area contributed by atoms with Crippen molar-refractivity contribution in [1.82, 2.24) is 0 Å². The van der Waals surface area contributed by atoms with Crippen LogP contribution in [0.15, 0.2) is 66.4 Å². The standard InChI is InChI=1S/C24H17ClF2N2O3/c1-13-7-8-14(25)11-19(13)28-22-21(16-5-3-4-6-20(16)32-2)23(30)29(24(22)31)15-9-10-17(26)18(27)12-15/h3-12,28H,1-2H3. The number of hydrogen-bond donors (Lipinski definition) is 1. The third-order valence-corrected chi connectivity index (χ3v) is 5.32. The molecule has 1 aliphatic rings. The molecule has 32 heavy (non-hydrogen) atoms. The van der Waals surface area contributed by atoms with E-state index in [0.29, 0.717) is 22.0 Å². The first kappa shape index (κ1) is 21.5. The zero-order valence-electron chi connectivity index (χ0n) is 17.1. The average molecular weight is 455 g/mol. The molecule has 1 heterocycles. The van der Waals surface area contributed by atoms with Gasteiger partial charge in [0.05, 0.1) is 18.4 Å². The van der Waals surface area contributed by atoms with Crippen LogP contribution in [0.1, 0.15) is 11.1 Å². The molecule has 1 aliphatic heterocycles. The van der Waals surface area contributed by atoms with Gasteiger partial charge >= 0.3 is 0 Å². The van der Waals surface area contributed by atoms with Crippen molar-refractivity contribution in [1.29, 1.82) is 0 Å². The number of nitrogens with one attached hydrogen (secondary N) is 1. The lowest BCUT2D eigenvalue weighted by atomic mass is 10.0. The summed E-state index contributed by atoms with van der Waals surface area (Å²) in [7, 11) is 1.45. The van der Waals surface area contributed by atoms with E-state index >= 15 is 0 Å². The summed E-state index contributed by atoms with van der Waals surface area (Å²) in [5.41, 5.74) is 1.60. The highest BCUT2D eigenvalue weighted by atomic mass is 35.5. The van der Waals surface area contributed by atoms with Gasteiger partial charge in [0.15, 0.2) is 11.6 Å². The van der Waals surface area contributed by atoms with Gasteiger partial charge < -0.3 is 10.1 Å². The van der Waals surface area contributed by atoms with Crippen LogP contribution in [0.2, 0.25) is 5.02 Å². The number of methoxy groups -OCH3 is 1. The van der Waals surface area contributed by atoms with Gasteiger partial charge in [-0.2, -0.15) is 0 Å². The van der Waals surface area contributed by atoms with E-state index < -0.39 is 23.4 Å². The Bertz CT molecular complexity index is 1290. The molecule has 0 spiro atoms. The second kappa shape index (κ2) is 8.43. The summed E-state index contributed by atoms with van der Waals surface area (Å²) < 4.78 is 32.7. The molecule has 0 atom stereocenters. The molecule has 2 amide bonds. The number of hydrogen-bond acceptors (Lipinski definition) is 4. The molecule has 0 bridgehead atoms. The Hall–Kier alpha value is -3.71. The summed E-state index contributed by atoms with van der Waals surface area (Å²) in [6, 6.07) is 14.7. The molecular formula is C24H17ClF2N2O3. The smallest absolute Gasteiger partial charge is 0.282 e. The molecule has 0 unspecified atom stereocenters. The topological polar surface area (TPSA) is 58.6 Å². The molecule has 4 rings (SSSR count). The third-order valence-electron chi connectivity index (χ3n) is 5.08. The number of imide groups is 1. The molecule has 1 N–H and O–H groups in total. The van der Waals surface area contributed by atoms with Crippen LogP contribution < -0.4 is 15.0 Å². The summed E-state index contributed by atoms with van der Waals surface area (Å²) in [5.74, 6) is -3.31. The lowest BCUT2D eigenvalue weighted by molar-refractivity contribution is -0.120. The van der Waals surface area contributed by atoms with E-state index in [1.54, 1.807) is 42.5 Å². The number of halogens is 3. The predicted molar refractivity (Wildman–Crippen MR) is 119 cm³/mol. The first-order valence-corrected chi connectivity index (χ1v) is 9.94. The minimum Gasteiger partial charge on any atom is -0.496 e. The lowest BCUT2D eigenvalue weighted by Gasteiger charge is -2.16. The lowest BCUT2D eigenvalue weighted by Crippen LogP contribution is -2.32. The maximum Gasteiger partial charge on any atom is 0.282 e. The quantitative estimate of drug-likeness (QED) is 0.529. The molecule has 3 aromatic rings. The van der Waals surface area contributed by atoms with Gasteiger partial charge in [-0.1, -0.05) is 35.9 Å². The number of ether oxygens (including phenoxy) is 1. The van der Waals surface area contributed by atoms with Gasteiger partial charge in [0.2, 0.25) is 0 Å². The largest absolute Gasteiger partial charge is 0.496 e. The molecule has 0 aromatic heterocycles. The van der Waals surface area contributed by atoms with Gasteiger partial charge in [-0.25, -0.2) is 13.7 Å².